The van der Waals surface area contributed by atoms with Crippen molar-refractivity contribution in [1.29, 1.82) is 0 Å². The highest BCUT2D eigenvalue weighted by molar-refractivity contribution is 5.82. The number of nitrogens with zero attached hydrogens (tertiary/aromatic N) is 3. The molecule has 2 aliphatic heterocycles. The average Bonchev–Trinajstić information content (AvgIpc) is 3.49. The molecule has 1 amide bonds. The van der Waals surface area contributed by atoms with Crippen molar-refractivity contribution in [3.8, 4) is 23.0 Å². The molecule has 1 aliphatic carbocycles. The van der Waals surface area contributed by atoms with Gasteiger partial charge in [0.05, 0.1) is 19.8 Å². The van der Waals surface area contributed by atoms with Crippen molar-refractivity contribution >= 4 is 5.91 Å². The highest BCUT2D eigenvalue weighted by Crippen LogP contribution is 2.64. The molecule has 1 saturated carbocycles. The van der Waals surface area contributed by atoms with Crippen LogP contribution in [-0.4, -0.2) is 41.8 Å². The molecule has 3 aliphatic rings. The van der Waals surface area contributed by atoms with E-state index in [0.717, 1.165) is 30.7 Å². The molecule has 7 nitrogen and oxygen atoms in total. The van der Waals surface area contributed by atoms with E-state index in [9.17, 15) is 4.79 Å². The number of hydrogen-bond acceptors (Lipinski definition) is 6. The van der Waals surface area contributed by atoms with Crippen LogP contribution in [0.3, 0.4) is 0 Å². The van der Waals surface area contributed by atoms with Crippen molar-refractivity contribution in [2.24, 2.45) is 11.8 Å². The summed E-state index contributed by atoms with van der Waals surface area (Å²) in [5.41, 5.74) is 2.93. The topological polar surface area (TPSA) is 77.7 Å². The van der Waals surface area contributed by atoms with Gasteiger partial charge in [-0.05, 0) is 54.2 Å². The molecule has 3 heterocycles. The van der Waals surface area contributed by atoms with E-state index < -0.39 is 0 Å². The molecule has 6 rings (SSSR count). The Bertz CT molecular complexity index is 1220. The lowest BCUT2D eigenvalue weighted by atomic mass is 9.74. The quantitative estimate of drug-likeness (QED) is 0.600. The van der Waals surface area contributed by atoms with Gasteiger partial charge in [-0.15, -0.1) is 10.2 Å². The van der Waals surface area contributed by atoms with Crippen LogP contribution >= 0.6 is 0 Å². The summed E-state index contributed by atoms with van der Waals surface area (Å²) in [4.78, 5) is 15.3. The van der Waals surface area contributed by atoms with E-state index >= 15 is 0 Å². The highest BCUT2D eigenvalue weighted by atomic mass is 16.5. The average molecular weight is 446 g/mol. The Hall–Kier alpha value is -3.35. The van der Waals surface area contributed by atoms with E-state index in [1.54, 1.807) is 14.2 Å². The summed E-state index contributed by atoms with van der Waals surface area (Å²) < 4.78 is 17.4. The minimum Gasteiger partial charge on any atom is -0.493 e. The predicted molar refractivity (Wildman–Crippen MR) is 121 cm³/mol. The second kappa shape index (κ2) is 7.33. The Kier molecular flexibility index (Phi) is 4.50. The number of fused-ring (bicyclic) bond motifs is 1. The van der Waals surface area contributed by atoms with E-state index in [1.165, 1.54) is 11.1 Å². The Morgan fingerprint density at radius 2 is 1.85 bits per heavy atom. The number of amides is 1. The number of carbonyl (C=O) groups excluding carboxylic acids is 1. The van der Waals surface area contributed by atoms with Crippen LogP contribution in [0, 0.1) is 11.8 Å². The maximum absolute atomic E-state index is 13.2. The molecule has 1 spiro atoms. The van der Waals surface area contributed by atoms with Crippen LogP contribution in [0.4, 0.5) is 0 Å². The van der Waals surface area contributed by atoms with Crippen LogP contribution in [0.15, 0.2) is 46.9 Å². The van der Waals surface area contributed by atoms with Gasteiger partial charge in [0.15, 0.2) is 11.5 Å². The van der Waals surface area contributed by atoms with Crippen molar-refractivity contribution in [2.75, 3.05) is 20.8 Å². The first kappa shape index (κ1) is 20.3. The highest BCUT2D eigenvalue weighted by Gasteiger charge is 2.65. The molecule has 4 unspecified atom stereocenters. The zero-order valence-corrected chi connectivity index (χ0v) is 19.1. The van der Waals surface area contributed by atoms with Gasteiger partial charge in [-0.1, -0.05) is 25.1 Å². The number of benzene rings is 2. The Balaban J connectivity index is 1.46. The zero-order chi connectivity index (χ0) is 22.7. The second-order valence-corrected chi connectivity index (χ2v) is 9.41. The van der Waals surface area contributed by atoms with Gasteiger partial charge in [0.25, 0.3) is 0 Å². The molecule has 1 saturated heterocycles. The lowest BCUT2D eigenvalue weighted by Gasteiger charge is -2.44. The van der Waals surface area contributed by atoms with Crippen LogP contribution in [-0.2, 0) is 16.8 Å². The molecule has 33 heavy (non-hydrogen) atoms. The number of methoxy groups -OCH3 is 2. The molecule has 170 valence electrons. The third-order valence-corrected chi connectivity index (χ3v) is 7.90. The molecular formula is C26H27N3O4. The number of ether oxygens (including phenoxy) is 2. The van der Waals surface area contributed by atoms with Crippen LogP contribution < -0.4 is 9.47 Å². The zero-order valence-electron chi connectivity index (χ0n) is 19.1. The van der Waals surface area contributed by atoms with Crippen molar-refractivity contribution in [3.63, 3.8) is 0 Å². The van der Waals surface area contributed by atoms with Gasteiger partial charge >= 0.3 is 0 Å². The molecule has 2 aromatic carbocycles. The van der Waals surface area contributed by atoms with Gasteiger partial charge in [-0.2, -0.15) is 0 Å². The number of rotatable bonds is 4. The Morgan fingerprint density at radius 3 is 2.61 bits per heavy atom. The van der Waals surface area contributed by atoms with E-state index in [0.29, 0.717) is 24.0 Å². The van der Waals surface area contributed by atoms with Gasteiger partial charge in [-0.3, -0.25) is 4.79 Å². The maximum atomic E-state index is 13.2. The molecule has 3 aromatic rings. The van der Waals surface area contributed by atoms with E-state index in [4.69, 9.17) is 13.9 Å². The third kappa shape index (κ3) is 2.77. The molecule has 0 N–H and O–H groups in total. The Labute approximate surface area is 192 Å². The van der Waals surface area contributed by atoms with Crippen molar-refractivity contribution in [3.05, 3.63) is 59.5 Å². The van der Waals surface area contributed by atoms with Gasteiger partial charge in [-0.25, -0.2) is 0 Å². The minimum absolute atomic E-state index is 0.0166. The largest absolute Gasteiger partial charge is 0.493 e. The first-order chi connectivity index (χ1) is 16.1. The van der Waals surface area contributed by atoms with Crippen molar-refractivity contribution in [1.82, 2.24) is 15.1 Å². The monoisotopic (exact) mass is 445 g/mol. The molecule has 0 radical (unpaired) electrons. The first-order valence-electron chi connectivity index (χ1n) is 11.5. The normalized spacial score (nSPS) is 27.8. The summed E-state index contributed by atoms with van der Waals surface area (Å²) in [5, 5.41) is 8.81. The summed E-state index contributed by atoms with van der Waals surface area (Å²) in [6.07, 6.45) is 2.17. The summed E-state index contributed by atoms with van der Waals surface area (Å²) >= 11 is 0. The Morgan fingerprint density at radius 1 is 1.09 bits per heavy atom. The maximum Gasteiger partial charge on any atom is 0.247 e. The summed E-state index contributed by atoms with van der Waals surface area (Å²) in [5.74, 6) is 3.17. The van der Waals surface area contributed by atoms with E-state index in [-0.39, 0.29) is 29.2 Å². The van der Waals surface area contributed by atoms with Crippen molar-refractivity contribution < 1.29 is 18.7 Å². The smallest absolute Gasteiger partial charge is 0.247 e. The predicted octanol–water partition coefficient (Wildman–Crippen LogP) is 4.18. The van der Waals surface area contributed by atoms with Gasteiger partial charge in [0.1, 0.15) is 0 Å². The fourth-order valence-corrected chi connectivity index (χ4v) is 6.61. The second-order valence-electron chi connectivity index (χ2n) is 9.41. The van der Waals surface area contributed by atoms with Crippen LogP contribution in [0.1, 0.15) is 42.7 Å². The standard InChI is InChI=1S/C26H27N3O4/c1-15-14-26-18-12-21(32-3)20(31-2)11-17(18)9-10-29(26)22(30)13-19(26)23(15)25-28-27-24(33-25)16-7-5-4-6-8-16/h4-8,11-12,15,19,23H,9-10,13-14H2,1-3H3. The van der Waals surface area contributed by atoms with Gasteiger partial charge in [0, 0.05) is 30.4 Å². The SMILES string of the molecule is COc1cc2c(cc1OC)C13CC(C)C(c4nnc(-c5ccccc5)o4)C1CC(=O)N3CC2. The summed E-state index contributed by atoms with van der Waals surface area (Å²) in [6, 6.07) is 14.0. The first-order valence-corrected chi connectivity index (χ1v) is 11.5. The van der Waals surface area contributed by atoms with Crippen molar-refractivity contribution in [2.45, 2.75) is 37.6 Å². The fraction of sp³-hybridized carbons (Fsp3) is 0.423. The molecular weight excluding hydrogens is 418 g/mol. The van der Waals surface area contributed by atoms with Crippen LogP contribution in [0.2, 0.25) is 0 Å². The number of carbonyl (C=O) groups is 1. The van der Waals surface area contributed by atoms with Gasteiger partial charge < -0.3 is 18.8 Å². The lowest BCUT2D eigenvalue weighted by Crippen LogP contribution is -2.49. The minimum atomic E-state index is -0.379. The van der Waals surface area contributed by atoms with Crippen LogP contribution in [0.5, 0.6) is 11.5 Å². The molecule has 7 heteroatoms. The summed E-state index contributed by atoms with van der Waals surface area (Å²) in [7, 11) is 3.32. The molecule has 0 bridgehead atoms. The fourth-order valence-electron chi connectivity index (χ4n) is 6.61. The summed E-state index contributed by atoms with van der Waals surface area (Å²) in [6.45, 7) is 2.96. The molecule has 4 atom stereocenters. The lowest BCUT2D eigenvalue weighted by molar-refractivity contribution is -0.132. The van der Waals surface area contributed by atoms with Gasteiger partial charge in [0.2, 0.25) is 17.7 Å². The van der Waals surface area contributed by atoms with E-state index in [1.807, 2.05) is 30.3 Å². The van der Waals surface area contributed by atoms with E-state index in [2.05, 4.69) is 34.2 Å². The third-order valence-electron chi connectivity index (χ3n) is 7.90. The number of aromatic nitrogens is 2. The molecule has 2 fully saturated rings. The number of hydrogen-bond donors (Lipinski definition) is 0. The van der Waals surface area contributed by atoms with Crippen LogP contribution in [0.25, 0.3) is 11.5 Å². The molecule has 1 aromatic heterocycles.